The first-order chi connectivity index (χ1) is 12.5. The van der Waals surface area contributed by atoms with Gasteiger partial charge in [-0.3, -0.25) is 0 Å². The van der Waals surface area contributed by atoms with E-state index in [1.807, 2.05) is 18.2 Å². The molecule has 0 N–H and O–H groups in total. The fourth-order valence-corrected chi connectivity index (χ4v) is 5.09. The van der Waals surface area contributed by atoms with E-state index < -0.39 is 10.0 Å². The molecule has 0 unspecified atom stereocenters. The summed E-state index contributed by atoms with van der Waals surface area (Å²) in [5.41, 5.74) is 4.93. The molecular weight excluding hydrogens is 344 g/mol. The lowest BCUT2D eigenvalue weighted by molar-refractivity contribution is 0.384. The quantitative estimate of drug-likeness (QED) is 0.780. The van der Waals surface area contributed by atoms with Crippen molar-refractivity contribution in [1.82, 2.24) is 4.31 Å². The van der Waals surface area contributed by atoms with Crippen molar-refractivity contribution in [1.29, 1.82) is 0 Å². The van der Waals surface area contributed by atoms with Crippen LogP contribution in [0, 0.1) is 13.8 Å². The van der Waals surface area contributed by atoms with Crippen molar-refractivity contribution in [3.05, 3.63) is 65.2 Å². The lowest BCUT2D eigenvalue weighted by Gasteiger charge is -2.36. The first kappa shape index (κ1) is 18.9. The minimum Gasteiger partial charge on any atom is -0.369 e. The van der Waals surface area contributed by atoms with Gasteiger partial charge in [-0.1, -0.05) is 48.0 Å². The summed E-state index contributed by atoms with van der Waals surface area (Å²) >= 11 is 0. The Labute approximate surface area is 157 Å². The van der Waals surface area contributed by atoms with Gasteiger partial charge in [0.25, 0.3) is 0 Å². The van der Waals surface area contributed by atoms with E-state index in [9.17, 15) is 8.42 Å². The van der Waals surface area contributed by atoms with Crippen LogP contribution in [0.3, 0.4) is 0 Å². The average Bonchev–Trinajstić information content (AvgIpc) is 2.63. The molecule has 4 nitrogen and oxygen atoms in total. The second-order valence-corrected chi connectivity index (χ2v) is 9.17. The van der Waals surface area contributed by atoms with Crippen molar-refractivity contribution < 1.29 is 8.42 Å². The smallest absolute Gasteiger partial charge is 0.214 e. The molecule has 1 aliphatic rings. The number of hydrogen-bond acceptors (Lipinski definition) is 3. The molecule has 3 rings (SSSR count). The molecule has 0 radical (unpaired) electrons. The van der Waals surface area contributed by atoms with Crippen LogP contribution >= 0.6 is 0 Å². The summed E-state index contributed by atoms with van der Waals surface area (Å²) in [5, 5.41) is 0. The molecule has 26 heavy (non-hydrogen) atoms. The monoisotopic (exact) mass is 372 g/mol. The number of nitrogens with zero attached hydrogens (tertiary/aromatic N) is 2. The Hall–Kier alpha value is -1.85. The minimum atomic E-state index is -3.17. The second kappa shape index (κ2) is 8.23. The van der Waals surface area contributed by atoms with E-state index >= 15 is 0 Å². The number of piperazine rings is 1. The summed E-state index contributed by atoms with van der Waals surface area (Å²) in [6.07, 6.45) is 1.48. The van der Waals surface area contributed by atoms with Crippen LogP contribution in [0.25, 0.3) is 0 Å². The van der Waals surface area contributed by atoms with E-state index in [0.717, 1.165) is 19.5 Å². The summed E-state index contributed by atoms with van der Waals surface area (Å²) in [6, 6.07) is 16.5. The number of aryl methyl sites for hydroxylation is 3. The standard InChI is InChI=1S/C21H28N2O2S/c1-18-10-11-21(19(2)17-18)22-12-14-23(15-13-22)26(24,25)16-6-9-20-7-4-3-5-8-20/h3-5,7-8,10-11,17H,6,9,12-16H2,1-2H3. The predicted molar refractivity (Wildman–Crippen MR) is 108 cm³/mol. The lowest BCUT2D eigenvalue weighted by Crippen LogP contribution is -2.49. The average molecular weight is 373 g/mol. The Morgan fingerprint density at radius 1 is 0.923 bits per heavy atom. The van der Waals surface area contributed by atoms with Gasteiger partial charge in [-0.25, -0.2) is 8.42 Å². The van der Waals surface area contributed by atoms with Gasteiger partial charge in [0.1, 0.15) is 0 Å². The molecule has 5 heteroatoms. The van der Waals surface area contributed by atoms with E-state index in [-0.39, 0.29) is 5.75 Å². The van der Waals surface area contributed by atoms with Crippen molar-refractivity contribution in [2.24, 2.45) is 0 Å². The maximum absolute atomic E-state index is 12.6. The Morgan fingerprint density at radius 2 is 1.62 bits per heavy atom. The zero-order chi connectivity index (χ0) is 18.6. The summed E-state index contributed by atoms with van der Waals surface area (Å²) < 4.78 is 26.9. The van der Waals surface area contributed by atoms with E-state index in [2.05, 4.69) is 49.1 Å². The van der Waals surface area contributed by atoms with Crippen LogP contribution in [0.5, 0.6) is 0 Å². The van der Waals surface area contributed by atoms with Crippen LogP contribution in [-0.2, 0) is 16.4 Å². The van der Waals surface area contributed by atoms with Crippen molar-refractivity contribution >= 4 is 15.7 Å². The van der Waals surface area contributed by atoms with E-state index in [1.165, 1.54) is 22.4 Å². The molecule has 0 spiro atoms. The third-order valence-corrected chi connectivity index (χ3v) is 6.99. The summed E-state index contributed by atoms with van der Waals surface area (Å²) in [7, 11) is -3.17. The van der Waals surface area contributed by atoms with Gasteiger partial charge in [-0.15, -0.1) is 0 Å². The summed E-state index contributed by atoms with van der Waals surface area (Å²) in [6.45, 7) is 6.86. The molecule has 0 atom stereocenters. The van der Waals surface area contributed by atoms with E-state index in [1.54, 1.807) is 4.31 Å². The Balaban J connectivity index is 1.53. The third kappa shape index (κ3) is 4.65. The van der Waals surface area contributed by atoms with Gasteiger partial charge in [-0.2, -0.15) is 4.31 Å². The molecule has 1 saturated heterocycles. The van der Waals surface area contributed by atoms with Gasteiger partial charge in [0.05, 0.1) is 5.75 Å². The fourth-order valence-electron chi connectivity index (χ4n) is 3.60. The van der Waals surface area contributed by atoms with Crippen LogP contribution in [0.4, 0.5) is 5.69 Å². The highest BCUT2D eigenvalue weighted by molar-refractivity contribution is 7.89. The van der Waals surface area contributed by atoms with E-state index in [0.29, 0.717) is 19.5 Å². The first-order valence-corrected chi connectivity index (χ1v) is 10.9. The van der Waals surface area contributed by atoms with Crippen LogP contribution in [-0.4, -0.2) is 44.7 Å². The van der Waals surface area contributed by atoms with Gasteiger partial charge < -0.3 is 4.90 Å². The number of sulfonamides is 1. The van der Waals surface area contributed by atoms with Gasteiger partial charge in [0.2, 0.25) is 10.0 Å². The van der Waals surface area contributed by atoms with Crippen LogP contribution in [0.15, 0.2) is 48.5 Å². The molecule has 1 fully saturated rings. The molecule has 0 aromatic heterocycles. The second-order valence-electron chi connectivity index (χ2n) is 7.08. The highest BCUT2D eigenvalue weighted by atomic mass is 32.2. The van der Waals surface area contributed by atoms with Gasteiger partial charge in [-0.05, 0) is 43.9 Å². The van der Waals surface area contributed by atoms with Crippen LogP contribution < -0.4 is 4.90 Å². The van der Waals surface area contributed by atoms with Crippen LogP contribution in [0.2, 0.25) is 0 Å². The number of anilines is 1. The molecule has 2 aromatic rings. The maximum atomic E-state index is 12.6. The highest BCUT2D eigenvalue weighted by Gasteiger charge is 2.27. The Morgan fingerprint density at radius 3 is 2.27 bits per heavy atom. The van der Waals surface area contributed by atoms with E-state index in [4.69, 9.17) is 0 Å². The van der Waals surface area contributed by atoms with Crippen molar-refractivity contribution in [2.45, 2.75) is 26.7 Å². The van der Waals surface area contributed by atoms with Gasteiger partial charge in [0, 0.05) is 31.9 Å². The lowest BCUT2D eigenvalue weighted by atomic mass is 10.1. The van der Waals surface area contributed by atoms with Gasteiger partial charge in [0.15, 0.2) is 0 Å². The fraction of sp³-hybridized carbons (Fsp3) is 0.429. The maximum Gasteiger partial charge on any atom is 0.214 e. The number of benzene rings is 2. The van der Waals surface area contributed by atoms with Gasteiger partial charge >= 0.3 is 0 Å². The molecule has 1 heterocycles. The Bertz CT molecular complexity index is 826. The minimum absolute atomic E-state index is 0.228. The third-order valence-electron chi connectivity index (χ3n) is 5.04. The molecular formula is C21H28N2O2S. The predicted octanol–water partition coefficient (Wildman–Crippen LogP) is 3.39. The first-order valence-electron chi connectivity index (χ1n) is 9.30. The molecule has 0 bridgehead atoms. The van der Waals surface area contributed by atoms with Crippen molar-refractivity contribution in [3.63, 3.8) is 0 Å². The molecule has 2 aromatic carbocycles. The summed E-state index contributed by atoms with van der Waals surface area (Å²) in [5.74, 6) is 0.228. The topological polar surface area (TPSA) is 40.6 Å². The Kier molecular flexibility index (Phi) is 5.99. The highest BCUT2D eigenvalue weighted by Crippen LogP contribution is 2.23. The zero-order valence-electron chi connectivity index (χ0n) is 15.7. The molecule has 0 aliphatic carbocycles. The molecule has 1 aliphatic heterocycles. The van der Waals surface area contributed by atoms with Crippen molar-refractivity contribution in [2.75, 3.05) is 36.8 Å². The SMILES string of the molecule is Cc1ccc(N2CCN(S(=O)(=O)CCCc3ccccc3)CC2)c(C)c1. The molecule has 0 saturated carbocycles. The molecule has 0 amide bonds. The number of hydrogen-bond donors (Lipinski definition) is 0. The summed E-state index contributed by atoms with van der Waals surface area (Å²) in [4.78, 5) is 2.30. The molecule has 140 valence electrons. The largest absolute Gasteiger partial charge is 0.369 e. The van der Waals surface area contributed by atoms with Crippen molar-refractivity contribution in [3.8, 4) is 0 Å². The number of rotatable bonds is 6. The van der Waals surface area contributed by atoms with Crippen LogP contribution in [0.1, 0.15) is 23.1 Å². The zero-order valence-corrected chi connectivity index (χ0v) is 16.5. The normalized spacial score (nSPS) is 16.0.